The molecule has 2 saturated heterocycles. The normalized spacial score (nSPS) is 32.3. The highest BCUT2D eigenvalue weighted by atomic mass is 31.2. The molecule has 17 N–H and O–H groups in total. The number of carbonyl (C=O) groups excluding carboxylic acids is 7. The van der Waals surface area contributed by atoms with Crippen LogP contribution in [0.5, 0.6) is 0 Å². The van der Waals surface area contributed by atoms with Crippen molar-refractivity contribution in [1.29, 1.82) is 0 Å². The van der Waals surface area contributed by atoms with Crippen molar-refractivity contribution < 1.29 is 67.0 Å². The Morgan fingerprint density at radius 3 is 1.96 bits per heavy atom. The Balaban J connectivity index is 1.20. The monoisotopic (exact) mass is 1290 g/mol. The Bertz CT molecular complexity index is 3540. The summed E-state index contributed by atoms with van der Waals surface area (Å²) in [5.74, 6) is -6.42. The van der Waals surface area contributed by atoms with Gasteiger partial charge < -0.3 is 69.4 Å². The van der Waals surface area contributed by atoms with Gasteiger partial charge >= 0.3 is 7.82 Å². The third-order valence-corrected chi connectivity index (χ3v) is 22.0. The molecule has 0 spiro atoms. The number of nitrogens with zero attached hydrogens (tertiary/aromatic N) is 5. The number of allylic oxidation sites excluding steroid dienone is 6. The van der Waals surface area contributed by atoms with E-state index in [9.17, 15) is 53.2 Å². The van der Waals surface area contributed by atoms with Crippen molar-refractivity contribution in [2.24, 2.45) is 94.7 Å². The zero-order chi connectivity index (χ0) is 67.2. The number of primary amides is 6. The van der Waals surface area contributed by atoms with Crippen LogP contribution in [0.2, 0.25) is 0 Å². The van der Waals surface area contributed by atoms with E-state index in [4.69, 9.17) is 63.2 Å². The van der Waals surface area contributed by atoms with Gasteiger partial charge in [-0.2, -0.15) is 0 Å². The number of aliphatic hydroxyl groups is 2. The van der Waals surface area contributed by atoms with Gasteiger partial charge in [0.15, 0.2) is 6.23 Å². The maximum absolute atomic E-state index is 14.3. The van der Waals surface area contributed by atoms with Crippen LogP contribution in [0.4, 0.5) is 0 Å². The molecule has 7 heterocycles. The van der Waals surface area contributed by atoms with E-state index in [1.807, 2.05) is 87.4 Å². The lowest BCUT2D eigenvalue weighted by atomic mass is 9.55. The first kappa shape index (κ1) is 69.9. The summed E-state index contributed by atoms with van der Waals surface area (Å²) < 4.78 is 31.9. The molecule has 91 heavy (non-hydrogen) atoms. The maximum Gasteiger partial charge on any atom is 0.472 e. The Labute approximate surface area is 529 Å². The van der Waals surface area contributed by atoms with Gasteiger partial charge in [-0.05, 0) is 120 Å². The molecule has 7 amide bonds. The number of nitrogens with one attached hydrogen (secondary N) is 2. The molecular weight excluding hydrogens is 1190 g/mol. The van der Waals surface area contributed by atoms with E-state index in [0.717, 1.165) is 11.1 Å². The van der Waals surface area contributed by atoms with E-state index in [2.05, 4.69) is 15.6 Å². The number of carbonyl (C=O) groups is 7. The zero-order valence-corrected chi connectivity index (χ0v) is 54.7. The first-order valence-corrected chi connectivity index (χ1v) is 32.6. The Hall–Kier alpha value is -7.00. The zero-order valence-electron chi connectivity index (χ0n) is 53.8. The van der Waals surface area contributed by atoms with Crippen molar-refractivity contribution in [1.82, 2.24) is 20.2 Å². The molecule has 0 aliphatic carbocycles. The van der Waals surface area contributed by atoms with Crippen LogP contribution in [0.3, 0.4) is 0 Å². The minimum Gasteiger partial charge on any atom is -0.394 e. The van der Waals surface area contributed by atoms with Gasteiger partial charge in [-0.3, -0.25) is 57.6 Å². The summed E-state index contributed by atoms with van der Waals surface area (Å²) in [7, 11) is -5.01. The molecule has 1 aromatic heterocycles. The summed E-state index contributed by atoms with van der Waals surface area (Å²) in [6.45, 7) is 17.9. The lowest BCUT2D eigenvalue weighted by molar-refractivity contribution is -0.122. The van der Waals surface area contributed by atoms with Crippen molar-refractivity contribution in [2.75, 3.05) is 19.8 Å². The van der Waals surface area contributed by atoms with Crippen LogP contribution in [-0.4, -0.2) is 133 Å². The highest BCUT2D eigenvalue weighted by molar-refractivity contribution is 7.47. The van der Waals surface area contributed by atoms with E-state index < -0.39 is 144 Å². The number of benzene rings is 1. The van der Waals surface area contributed by atoms with Gasteiger partial charge in [0.05, 0.1) is 42.2 Å². The summed E-state index contributed by atoms with van der Waals surface area (Å²) in [6.07, 6.45) is -1.97. The third kappa shape index (κ3) is 13.6. The number of imidazole rings is 1. The molecule has 6 aliphatic heterocycles. The second kappa shape index (κ2) is 26.5. The fourth-order valence-corrected chi connectivity index (χ4v) is 16.6. The van der Waals surface area contributed by atoms with Gasteiger partial charge in [-0.25, -0.2) is 9.55 Å². The molecule has 27 nitrogen and oxygen atoms in total. The average Bonchev–Trinajstić information content (AvgIpc) is 1.54. The van der Waals surface area contributed by atoms with E-state index >= 15 is 0 Å². The van der Waals surface area contributed by atoms with Crippen molar-refractivity contribution >= 4 is 77.3 Å². The van der Waals surface area contributed by atoms with Crippen molar-refractivity contribution in [3.05, 3.63) is 63.9 Å². The number of aliphatic imine (C=N–C) groups is 3. The molecule has 498 valence electrons. The summed E-state index contributed by atoms with van der Waals surface area (Å²) in [5, 5.41) is 28.2. The molecule has 0 saturated carbocycles. The van der Waals surface area contributed by atoms with Crippen molar-refractivity contribution in [3.8, 4) is 0 Å². The topological polar surface area (TPSA) is 460 Å². The number of hydrogen-bond donors (Lipinski definition) is 11. The molecule has 1 aromatic carbocycles. The van der Waals surface area contributed by atoms with Gasteiger partial charge in [-0.1, -0.05) is 34.6 Å². The highest BCUT2D eigenvalue weighted by Gasteiger charge is 2.66. The van der Waals surface area contributed by atoms with Crippen LogP contribution in [0.1, 0.15) is 156 Å². The van der Waals surface area contributed by atoms with E-state index in [0.29, 0.717) is 56.4 Å². The summed E-state index contributed by atoms with van der Waals surface area (Å²) in [6, 6.07) is 2.86. The van der Waals surface area contributed by atoms with Crippen molar-refractivity contribution in [3.63, 3.8) is 0 Å². The van der Waals surface area contributed by atoms with Crippen LogP contribution in [0.25, 0.3) is 11.0 Å². The summed E-state index contributed by atoms with van der Waals surface area (Å²) in [4.78, 5) is 125. The van der Waals surface area contributed by atoms with Crippen LogP contribution in [-0.2, 0) is 51.9 Å². The van der Waals surface area contributed by atoms with Gasteiger partial charge in [0.25, 0.3) is 0 Å². The van der Waals surface area contributed by atoms with Crippen LogP contribution >= 0.6 is 7.82 Å². The largest absolute Gasteiger partial charge is 0.472 e. The number of aryl methyl sites for hydroxylation is 2. The van der Waals surface area contributed by atoms with Crippen LogP contribution < -0.4 is 45.0 Å². The molecule has 0 radical (unpaired) electrons. The van der Waals surface area contributed by atoms with E-state index in [-0.39, 0.29) is 90.0 Å². The number of hydrogen-bond acceptors (Lipinski definition) is 18. The minimum absolute atomic E-state index is 0.0215. The van der Waals surface area contributed by atoms with E-state index in [1.165, 1.54) is 6.33 Å². The van der Waals surface area contributed by atoms with Crippen LogP contribution in [0, 0.1) is 59.2 Å². The fourth-order valence-electron chi connectivity index (χ4n) is 15.6. The predicted octanol–water partition coefficient (Wildman–Crippen LogP) is 3.55. The number of aromatic nitrogens is 2. The Morgan fingerprint density at radius 1 is 0.758 bits per heavy atom. The van der Waals surface area contributed by atoms with Gasteiger partial charge in [-0.15, -0.1) is 0 Å². The quantitative estimate of drug-likeness (QED) is 0.0429. The fraction of sp³-hybridized carbons (Fsp3) is 0.635. The molecule has 28 heteroatoms. The van der Waals surface area contributed by atoms with E-state index in [1.54, 1.807) is 4.57 Å². The smallest absolute Gasteiger partial charge is 0.394 e. The highest BCUT2D eigenvalue weighted by Crippen LogP contribution is 2.63. The summed E-state index contributed by atoms with van der Waals surface area (Å²) >= 11 is 0. The first-order valence-electron chi connectivity index (χ1n) is 31.1. The second-order valence-electron chi connectivity index (χ2n) is 27.2. The number of fused-ring (bicyclic) bond motifs is 7. The third-order valence-electron chi connectivity index (χ3n) is 21.0. The number of phosphoric acid groups is 1. The number of aliphatic hydroxyl groups excluding tert-OH is 2. The maximum atomic E-state index is 14.3. The number of ether oxygens (including phenoxy) is 1. The second-order valence-corrected chi connectivity index (χ2v) is 28.6. The Morgan fingerprint density at radius 2 is 1.35 bits per heavy atom. The van der Waals surface area contributed by atoms with Crippen molar-refractivity contribution in [2.45, 2.75) is 189 Å². The molecule has 2 aromatic rings. The number of phosphoric ester groups is 1. The van der Waals surface area contributed by atoms with Gasteiger partial charge in [0.1, 0.15) is 18.3 Å². The molecule has 8 bridgehead atoms. The lowest BCUT2D eigenvalue weighted by Gasteiger charge is -2.49. The predicted molar refractivity (Wildman–Crippen MR) is 338 cm³/mol. The molecule has 14 atom stereocenters. The minimum atomic E-state index is -5.01. The number of rotatable bonds is 28. The van der Waals surface area contributed by atoms with Gasteiger partial charge in [0, 0.05) is 125 Å². The lowest BCUT2D eigenvalue weighted by Crippen LogP contribution is -2.54. The number of amides is 7. The number of nitrogens with two attached hydrogens (primary N) is 6. The molecule has 2 fully saturated rings. The molecular formula is C63H92N13O14P. The summed E-state index contributed by atoms with van der Waals surface area (Å²) in [5.41, 5.74) is 38.1. The Kier molecular flexibility index (Phi) is 20.4. The molecule has 6 aliphatic rings. The van der Waals surface area contributed by atoms with Crippen LogP contribution in [0.15, 0.2) is 67.8 Å². The standard InChI is InChI=1S/C63H92N13O14P/c1-31-25-40-41(26-32(31)2)76(30-71-40)58-53(85)54(42(29-77)89-58)90-91(86,87)88-24-23-70-50(84)20-21-60(7)38(14-18-47(67)81)57-63(10)62(9,22-19-48(68)82)37(13-17-46(66)80)52(75-63)34(4)56-61(8,28-49(69)83)35(11-15-44(64)78)39(72-56)27-43-59(5,6)36(12-16-45(65)79)51(73-43)33(3)55(60)74-57/h25-27,30,35-38,42,53-54,57-58,72,77,85H,11-24,28-29H2,1-10H3,(H2,64,78)(H2,65,79)(H2,66,80)(H2,67,81)(H2,68,82)(H2,69,83)(H,70,84)(H,86,87)/b39-27?,51-33?,56-34-/t35-,36-,37-,38+,42-,53-,54-,57-,58-,60-,61+,62+,63+/m1/s1. The average molecular weight is 1290 g/mol. The SMILES string of the molecule is CC1=C2N=C(C=C3N/C(=C(/C)C4=N[C@@](C)([C@@H]5N=C1[C@](C)(CCC(=O)NCCOP(=O)(O)O[C@H]1[C@@H](O)[C@H](n6cnc7cc(C)c(C)cc76)O[C@@H]1CO)[C@H]5CCC(N)=O)[C@@](C)(CCC(N)=O)[C@@H]4CCC(N)=O)[C@@](C)(CC(N)=O)[C@@H]3CCC(N)=O)C(C)(C)[C@@H]2CCC(N)=O. The molecule has 1 unspecified atom stereocenters. The van der Waals surface area contributed by atoms with Gasteiger partial charge in [0.2, 0.25) is 41.4 Å². The first-order chi connectivity index (χ1) is 42.4. The molecule has 8 rings (SSSR count).